The summed E-state index contributed by atoms with van der Waals surface area (Å²) in [6.07, 6.45) is 1.13. The quantitative estimate of drug-likeness (QED) is 0.837. The number of carbonyl (C=O) groups excluding carboxylic acids is 1. The van der Waals surface area contributed by atoms with Gasteiger partial charge in [0.05, 0.1) is 11.1 Å². The Morgan fingerprint density at radius 3 is 2.25 bits per heavy atom. The lowest BCUT2D eigenvalue weighted by atomic mass is 9.66. The van der Waals surface area contributed by atoms with Crippen LogP contribution in [0.3, 0.4) is 0 Å². The number of benzene rings is 1. The molecular weight excluding hydrogens is 275 g/mol. The van der Waals surface area contributed by atoms with Crippen molar-refractivity contribution in [1.29, 1.82) is 0 Å². The van der Waals surface area contributed by atoms with Gasteiger partial charge in [-0.1, -0.05) is 6.42 Å². The predicted octanol–water partition coefficient (Wildman–Crippen LogP) is 2.69. The molecule has 0 bridgehead atoms. The monoisotopic (exact) mass is 287 g/mol. The predicted molar refractivity (Wildman–Crippen MR) is 63.5 cm³/mol. The maximum absolute atomic E-state index is 13.3. The minimum atomic E-state index is -1.36. The fraction of sp³-hybridized carbons (Fsp3) is 0.385. The van der Waals surface area contributed by atoms with Gasteiger partial charge >= 0.3 is 5.97 Å². The largest absolute Gasteiger partial charge is 0.481 e. The van der Waals surface area contributed by atoms with Gasteiger partial charge in [0.15, 0.2) is 11.6 Å². The first-order valence-corrected chi connectivity index (χ1v) is 6.02. The molecule has 1 aromatic rings. The molecule has 1 aromatic carbocycles. The normalized spacial score (nSPS) is 16.4. The Hall–Kier alpha value is -2.05. The summed E-state index contributed by atoms with van der Waals surface area (Å²) in [6, 6.07) is 0.845. The van der Waals surface area contributed by atoms with Crippen LogP contribution in [-0.2, 0) is 9.59 Å². The summed E-state index contributed by atoms with van der Waals surface area (Å²) in [5, 5.41) is 11.1. The van der Waals surface area contributed by atoms with Crippen molar-refractivity contribution in [3.05, 3.63) is 29.6 Å². The Kier molecular flexibility index (Phi) is 3.69. The van der Waals surface area contributed by atoms with Crippen molar-refractivity contribution in [2.75, 3.05) is 5.32 Å². The maximum Gasteiger partial charge on any atom is 0.310 e. The summed E-state index contributed by atoms with van der Waals surface area (Å²) in [5.41, 5.74) is -1.63. The van der Waals surface area contributed by atoms with E-state index in [0.29, 0.717) is 31.4 Å². The van der Waals surface area contributed by atoms with Crippen LogP contribution < -0.4 is 5.32 Å². The Balaban J connectivity index is 2.09. The molecule has 1 aliphatic carbocycles. The van der Waals surface area contributed by atoms with E-state index in [2.05, 4.69) is 5.32 Å². The maximum atomic E-state index is 13.3. The fourth-order valence-electron chi connectivity index (χ4n) is 2.19. The Morgan fingerprint density at radius 1 is 1.15 bits per heavy atom. The van der Waals surface area contributed by atoms with Crippen molar-refractivity contribution >= 4 is 17.6 Å². The number of carboxylic acid groups (broad SMARTS) is 1. The SMILES string of the molecule is O=C(CC1(C(=O)O)CCC1)Nc1cc(F)c(F)cc1F. The molecule has 1 fully saturated rings. The van der Waals surface area contributed by atoms with Gasteiger partial charge in [0, 0.05) is 18.6 Å². The zero-order chi connectivity index (χ0) is 14.9. The summed E-state index contributed by atoms with van der Waals surface area (Å²) in [7, 11) is 0. The minimum absolute atomic E-state index is 0.319. The standard InChI is InChI=1S/C13H12F3NO3/c14-7-4-9(16)10(5-8(7)15)17-11(18)6-13(12(19)20)2-1-3-13/h4-5H,1-3,6H2,(H,17,18)(H,19,20). The third-order valence-electron chi connectivity index (χ3n) is 3.55. The molecule has 20 heavy (non-hydrogen) atoms. The molecule has 1 amide bonds. The average molecular weight is 287 g/mol. The molecule has 4 nitrogen and oxygen atoms in total. The molecule has 0 saturated heterocycles. The van der Waals surface area contributed by atoms with Crippen molar-refractivity contribution < 1.29 is 27.9 Å². The van der Waals surface area contributed by atoms with Gasteiger partial charge in [0.2, 0.25) is 5.91 Å². The average Bonchev–Trinajstić information content (AvgIpc) is 2.30. The molecule has 0 atom stereocenters. The molecule has 0 aromatic heterocycles. The number of anilines is 1. The highest BCUT2D eigenvalue weighted by Gasteiger charge is 2.45. The van der Waals surface area contributed by atoms with Crippen LogP contribution in [0.25, 0.3) is 0 Å². The lowest BCUT2D eigenvalue weighted by Gasteiger charge is -2.36. The zero-order valence-electron chi connectivity index (χ0n) is 10.4. The second kappa shape index (κ2) is 5.15. The van der Waals surface area contributed by atoms with E-state index in [1.807, 2.05) is 0 Å². The highest BCUT2D eigenvalue weighted by atomic mass is 19.2. The van der Waals surface area contributed by atoms with Crippen molar-refractivity contribution in [3.8, 4) is 0 Å². The van der Waals surface area contributed by atoms with E-state index in [9.17, 15) is 22.8 Å². The first-order chi connectivity index (χ1) is 9.34. The lowest BCUT2D eigenvalue weighted by Crippen LogP contribution is -2.41. The summed E-state index contributed by atoms with van der Waals surface area (Å²) < 4.78 is 39.0. The topological polar surface area (TPSA) is 66.4 Å². The van der Waals surface area contributed by atoms with E-state index in [0.717, 1.165) is 0 Å². The van der Waals surface area contributed by atoms with Gasteiger partial charge in [0.1, 0.15) is 5.82 Å². The number of nitrogens with one attached hydrogen (secondary N) is 1. The van der Waals surface area contributed by atoms with Crippen LogP contribution in [0.4, 0.5) is 18.9 Å². The number of hydrogen-bond acceptors (Lipinski definition) is 2. The van der Waals surface area contributed by atoms with Gasteiger partial charge in [0.25, 0.3) is 0 Å². The van der Waals surface area contributed by atoms with E-state index >= 15 is 0 Å². The Bertz CT molecular complexity index is 570. The van der Waals surface area contributed by atoms with Crippen molar-refractivity contribution in [3.63, 3.8) is 0 Å². The third-order valence-corrected chi connectivity index (χ3v) is 3.55. The number of rotatable bonds is 4. The van der Waals surface area contributed by atoms with Crippen LogP contribution in [0.1, 0.15) is 25.7 Å². The highest BCUT2D eigenvalue weighted by Crippen LogP contribution is 2.44. The number of halogens is 3. The molecule has 2 N–H and O–H groups in total. The second-order valence-corrected chi connectivity index (χ2v) is 4.91. The molecule has 1 aliphatic rings. The van der Waals surface area contributed by atoms with E-state index in [-0.39, 0.29) is 6.42 Å². The number of carbonyl (C=O) groups is 2. The number of carboxylic acids is 1. The van der Waals surface area contributed by atoms with Crippen molar-refractivity contribution in [2.24, 2.45) is 5.41 Å². The summed E-state index contributed by atoms with van der Waals surface area (Å²) in [4.78, 5) is 22.8. The first kappa shape index (κ1) is 14.4. The molecule has 0 spiro atoms. The zero-order valence-corrected chi connectivity index (χ0v) is 10.4. The van der Waals surface area contributed by atoms with E-state index in [1.165, 1.54) is 0 Å². The Labute approximate surface area is 112 Å². The van der Waals surface area contributed by atoms with E-state index in [1.54, 1.807) is 0 Å². The van der Waals surface area contributed by atoms with Crippen LogP contribution in [0.2, 0.25) is 0 Å². The second-order valence-electron chi connectivity index (χ2n) is 4.91. The molecule has 7 heteroatoms. The summed E-state index contributed by atoms with van der Waals surface area (Å²) in [6.45, 7) is 0. The molecule has 0 heterocycles. The highest BCUT2D eigenvalue weighted by molar-refractivity contribution is 5.94. The van der Waals surface area contributed by atoms with E-state index < -0.39 is 40.4 Å². The van der Waals surface area contributed by atoms with Gasteiger partial charge in [-0.05, 0) is 12.8 Å². The molecule has 2 rings (SSSR count). The van der Waals surface area contributed by atoms with Crippen LogP contribution in [0.15, 0.2) is 12.1 Å². The minimum Gasteiger partial charge on any atom is -0.481 e. The van der Waals surface area contributed by atoms with Crippen molar-refractivity contribution in [2.45, 2.75) is 25.7 Å². The molecule has 0 radical (unpaired) electrons. The van der Waals surface area contributed by atoms with Crippen molar-refractivity contribution in [1.82, 2.24) is 0 Å². The van der Waals surface area contributed by atoms with Crippen LogP contribution in [-0.4, -0.2) is 17.0 Å². The fourth-order valence-corrected chi connectivity index (χ4v) is 2.19. The molecule has 0 unspecified atom stereocenters. The lowest BCUT2D eigenvalue weighted by molar-refractivity contribution is -0.157. The number of aliphatic carboxylic acids is 1. The van der Waals surface area contributed by atoms with Gasteiger partial charge in [-0.2, -0.15) is 0 Å². The molecule has 0 aliphatic heterocycles. The van der Waals surface area contributed by atoms with Gasteiger partial charge in [-0.25, -0.2) is 13.2 Å². The van der Waals surface area contributed by atoms with Gasteiger partial charge in [-0.3, -0.25) is 9.59 Å². The smallest absolute Gasteiger partial charge is 0.310 e. The summed E-state index contributed by atoms with van der Waals surface area (Å²) in [5.74, 6) is -5.59. The molecular formula is C13H12F3NO3. The third kappa shape index (κ3) is 2.61. The van der Waals surface area contributed by atoms with Crippen LogP contribution in [0.5, 0.6) is 0 Å². The molecule has 108 valence electrons. The van der Waals surface area contributed by atoms with Crippen LogP contribution in [0, 0.1) is 22.9 Å². The Morgan fingerprint density at radius 2 is 1.75 bits per heavy atom. The van der Waals surface area contributed by atoms with E-state index in [4.69, 9.17) is 5.11 Å². The number of hydrogen-bond donors (Lipinski definition) is 2. The number of amides is 1. The van der Waals surface area contributed by atoms with Gasteiger partial charge in [-0.15, -0.1) is 0 Å². The first-order valence-electron chi connectivity index (χ1n) is 6.02. The van der Waals surface area contributed by atoms with Gasteiger partial charge < -0.3 is 10.4 Å². The molecule has 1 saturated carbocycles. The summed E-state index contributed by atoms with van der Waals surface area (Å²) >= 11 is 0. The van der Waals surface area contributed by atoms with Crippen LogP contribution >= 0.6 is 0 Å².